The van der Waals surface area contributed by atoms with Crippen LogP contribution in [0.3, 0.4) is 0 Å². The highest BCUT2D eigenvalue weighted by molar-refractivity contribution is 5.75. The molecule has 0 saturated carbocycles. The number of carbonyl (C=O) groups is 1. The number of hydrogen-bond donors (Lipinski definition) is 1. The van der Waals surface area contributed by atoms with Crippen LogP contribution in [0.4, 0.5) is 4.79 Å². The Bertz CT molecular complexity index is 969. The zero-order valence-corrected chi connectivity index (χ0v) is 13.5. The molecule has 0 bridgehead atoms. The molecule has 2 aromatic carbocycles. The van der Waals surface area contributed by atoms with Gasteiger partial charge in [0.25, 0.3) is 5.56 Å². The van der Waals surface area contributed by atoms with Crippen molar-refractivity contribution in [2.45, 2.75) is 13.8 Å². The predicted molar refractivity (Wildman–Crippen MR) is 94.5 cm³/mol. The fraction of sp³-hybridized carbons (Fsp3) is 0.100. The molecule has 0 saturated heterocycles. The van der Waals surface area contributed by atoms with Gasteiger partial charge in [-0.2, -0.15) is 0 Å². The van der Waals surface area contributed by atoms with Gasteiger partial charge in [-0.1, -0.05) is 48.5 Å². The maximum atomic E-state index is 12.1. The molecule has 24 heavy (non-hydrogen) atoms. The van der Waals surface area contributed by atoms with Gasteiger partial charge in [0.15, 0.2) is 0 Å². The zero-order valence-electron chi connectivity index (χ0n) is 13.5. The van der Waals surface area contributed by atoms with Crippen molar-refractivity contribution in [3.05, 3.63) is 82.3 Å². The molecule has 0 radical (unpaired) electrons. The van der Waals surface area contributed by atoms with Gasteiger partial charge in [-0.25, -0.2) is 9.36 Å². The summed E-state index contributed by atoms with van der Waals surface area (Å²) in [5.41, 5.74) is 5.01. The molecule has 4 heteroatoms. The van der Waals surface area contributed by atoms with Crippen molar-refractivity contribution in [2.75, 3.05) is 0 Å². The normalized spacial score (nSPS) is 10.6. The lowest BCUT2D eigenvalue weighted by atomic mass is 9.96. The second kappa shape index (κ2) is 6.16. The van der Waals surface area contributed by atoms with Gasteiger partial charge >= 0.3 is 6.09 Å². The van der Waals surface area contributed by atoms with E-state index in [4.69, 9.17) is 5.11 Å². The lowest BCUT2D eigenvalue weighted by Gasteiger charge is -2.10. The fourth-order valence-corrected chi connectivity index (χ4v) is 2.83. The number of aryl methyl sites for hydroxylation is 1. The van der Waals surface area contributed by atoms with Crippen LogP contribution in [0.1, 0.15) is 11.1 Å². The van der Waals surface area contributed by atoms with Gasteiger partial charge in [0.2, 0.25) is 0 Å². The Balaban J connectivity index is 2.03. The van der Waals surface area contributed by atoms with Gasteiger partial charge in [-0.15, -0.1) is 0 Å². The van der Waals surface area contributed by atoms with Gasteiger partial charge in [-0.05, 0) is 47.7 Å². The Kier molecular flexibility index (Phi) is 4.04. The Labute approximate surface area is 139 Å². The highest BCUT2D eigenvalue weighted by Gasteiger charge is 2.11. The molecule has 120 valence electrons. The van der Waals surface area contributed by atoms with Crippen molar-refractivity contribution < 1.29 is 9.90 Å². The van der Waals surface area contributed by atoms with E-state index < -0.39 is 11.7 Å². The number of carboxylic acid groups (broad SMARTS) is 1. The lowest BCUT2D eigenvalue weighted by Crippen LogP contribution is -2.27. The number of aromatic nitrogens is 1. The van der Waals surface area contributed by atoms with Crippen molar-refractivity contribution in [1.82, 2.24) is 4.57 Å². The first-order valence-corrected chi connectivity index (χ1v) is 7.61. The fourth-order valence-electron chi connectivity index (χ4n) is 2.83. The molecule has 0 aliphatic carbocycles. The van der Waals surface area contributed by atoms with Crippen LogP contribution in [0, 0.1) is 13.8 Å². The second-order valence-corrected chi connectivity index (χ2v) is 5.70. The topological polar surface area (TPSA) is 59.3 Å². The number of hydrogen-bond acceptors (Lipinski definition) is 2. The van der Waals surface area contributed by atoms with Crippen LogP contribution in [0.25, 0.3) is 22.3 Å². The average Bonchev–Trinajstić information content (AvgIpc) is 2.58. The summed E-state index contributed by atoms with van der Waals surface area (Å²) in [6, 6.07) is 17.7. The van der Waals surface area contributed by atoms with Gasteiger partial charge in [-0.3, -0.25) is 4.79 Å². The van der Waals surface area contributed by atoms with Gasteiger partial charge in [0.1, 0.15) is 0 Å². The Hall–Kier alpha value is -3.14. The van der Waals surface area contributed by atoms with Crippen molar-refractivity contribution in [3.63, 3.8) is 0 Å². The first-order chi connectivity index (χ1) is 11.5. The summed E-state index contributed by atoms with van der Waals surface area (Å²) in [6.07, 6.45) is 0.0203. The third-order valence-electron chi connectivity index (χ3n) is 4.19. The van der Waals surface area contributed by atoms with Gasteiger partial charge in [0, 0.05) is 11.8 Å². The molecule has 0 amide bonds. The summed E-state index contributed by atoms with van der Waals surface area (Å²) >= 11 is 0. The van der Waals surface area contributed by atoms with E-state index in [1.807, 2.05) is 36.4 Å². The Morgan fingerprint density at radius 2 is 1.46 bits per heavy atom. The summed E-state index contributed by atoms with van der Waals surface area (Å²) in [6.45, 7) is 3.71. The minimum atomic E-state index is -1.27. The summed E-state index contributed by atoms with van der Waals surface area (Å²) in [5, 5.41) is 9.00. The van der Waals surface area contributed by atoms with Crippen LogP contribution in [0.2, 0.25) is 0 Å². The first-order valence-electron chi connectivity index (χ1n) is 7.61. The molecule has 1 aromatic heterocycles. The zero-order chi connectivity index (χ0) is 17.3. The molecule has 1 heterocycles. The van der Waals surface area contributed by atoms with Gasteiger partial charge < -0.3 is 5.11 Å². The van der Waals surface area contributed by atoms with Crippen LogP contribution in [-0.2, 0) is 0 Å². The highest BCUT2D eigenvalue weighted by Crippen LogP contribution is 2.27. The molecule has 0 aliphatic heterocycles. The van der Waals surface area contributed by atoms with E-state index in [0.29, 0.717) is 10.1 Å². The Morgan fingerprint density at radius 1 is 0.875 bits per heavy atom. The highest BCUT2D eigenvalue weighted by atomic mass is 16.4. The molecule has 0 spiro atoms. The number of benzene rings is 2. The van der Waals surface area contributed by atoms with Gasteiger partial charge in [0.05, 0.1) is 0 Å². The summed E-state index contributed by atoms with van der Waals surface area (Å²) in [4.78, 5) is 23.1. The Morgan fingerprint density at radius 3 is 2.04 bits per heavy atom. The van der Waals surface area contributed by atoms with E-state index in [0.717, 1.165) is 16.7 Å². The largest absolute Gasteiger partial charge is 0.464 e. The first kappa shape index (κ1) is 15.7. The lowest BCUT2D eigenvalue weighted by molar-refractivity contribution is 0.195. The third kappa shape index (κ3) is 2.74. The molecular weight excluding hydrogens is 302 g/mol. The van der Waals surface area contributed by atoms with E-state index in [2.05, 4.69) is 19.1 Å². The van der Waals surface area contributed by atoms with E-state index >= 15 is 0 Å². The smallest absolute Gasteiger partial charge is 0.418 e. The minimum Gasteiger partial charge on any atom is -0.464 e. The molecule has 3 aromatic rings. The molecule has 0 atom stereocenters. The van der Waals surface area contributed by atoms with Crippen LogP contribution >= 0.6 is 0 Å². The monoisotopic (exact) mass is 319 g/mol. The molecule has 0 aliphatic rings. The molecule has 4 nitrogen and oxygen atoms in total. The molecule has 0 unspecified atom stereocenters. The summed E-state index contributed by atoms with van der Waals surface area (Å²) < 4.78 is 0.695. The van der Waals surface area contributed by atoms with E-state index in [1.54, 1.807) is 13.0 Å². The maximum absolute atomic E-state index is 12.1. The standard InChI is InChI=1S/C20H17NO3/c1-13-5-3-4-6-17(13)15-7-9-16(10-8-15)18-11-12-21(20(23)24)19(22)14(18)2/h3-12H,1-2H3,(H,23,24). The molecule has 0 fully saturated rings. The van der Waals surface area contributed by atoms with Crippen molar-refractivity contribution in [2.24, 2.45) is 0 Å². The summed E-state index contributed by atoms with van der Waals surface area (Å²) in [7, 11) is 0. The summed E-state index contributed by atoms with van der Waals surface area (Å²) in [5.74, 6) is 0. The minimum absolute atomic E-state index is 0.420. The maximum Gasteiger partial charge on any atom is 0.418 e. The van der Waals surface area contributed by atoms with Crippen LogP contribution in [0.15, 0.2) is 65.6 Å². The average molecular weight is 319 g/mol. The SMILES string of the molecule is Cc1ccccc1-c1ccc(-c2ccn(C(=O)O)c(=O)c2C)cc1. The quantitative estimate of drug-likeness (QED) is 0.765. The van der Waals surface area contributed by atoms with E-state index in [9.17, 15) is 9.59 Å². The molecular formula is C20H17NO3. The third-order valence-corrected chi connectivity index (χ3v) is 4.19. The number of nitrogens with zero attached hydrogens (tertiary/aromatic N) is 1. The van der Waals surface area contributed by atoms with Crippen molar-refractivity contribution >= 4 is 6.09 Å². The molecule has 3 rings (SSSR count). The van der Waals surface area contributed by atoms with E-state index in [-0.39, 0.29) is 0 Å². The van der Waals surface area contributed by atoms with Crippen molar-refractivity contribution in [3.8, 4) is 22.3 Å². The van der Waals surface area contributed by atoms with Crippen molar-refractivity contribution in [1.29, 1.82) is 0 Å². The van der Waals surface area contributed by atoms with Crippen LogP contribution < -0.4 is 5.56 Å². The second-order valence-electron chi connectivity index (χ2n) is 5.70. The van der Waals surface area contributed by atoms with Crippen LogP contribution in [0.5, 0.6) is 0 Å². The molecule has 1 N–H and O–H groups in total. The number of rotatable bonds is 2. The van der Waals surface area contributed by atoms with E-state index in [1.165, 1.54) is 17.3 Å². The predicted octanol–water partition coefficient (Wildman–Crippen LogP) is 4.33. The number of pyridine rings is 1. The van der Waals surface area contributed by atoms with Crippen LogP contribution in [-0.4, -0.2) is 15.8 Å².